The third kappa shape index (κ3) is 3.76. The van der Waals surface area contributed by atoms with Crippen LogP contribution in [-0.4, -0.2) is 38.4 Å². The quantitative estimate of drug-likeness (QED) is 0.696. The zero-order valence-corrected chi connectivity index (χ0v) is 16.2. The van der Waals surface area contributed by atoms with E-state index in [4.69, 9.17) is 0 Å². The van der Waals surface area contributed by atoms with E-state index in [-0.39, 0.29) is 17.5 Å². The number of rotatable bonds is 3. The van der Waals surface area contributed by atoms with E-state index in [1.807, 2.05) is 43.3 Å². The van der Waals surface area contributed by atoms with Crippen LogP contribution < -0.4 is 11.2 Å². The topological polar surface area (TPSA) is 88.1 Å². The number of amides is 1. The number of fused-ring (bicyclic) bond motifs is 1. The summed E-state index contributed by atoms with van der Waals surface area (Å²) in [4.78, 5) is 46.5. The average molecular weight is 390 g/mol. The molecule has 7 heteroatoms. The van der Waals surface area contributed by atoms with Crippen LogP contribution in [0.25, 0.3) is 17.1 Å². The molecule has 29 heavy (non-hydrogen) atoms. The van der Waals surface area contributed by atoms with Crippen molar-refractivity contribution in [1.29, 1.82) is 0 Å². The molecule has 1 fully saturated rings. The van der Waals surface area contributed by atoms with Crippen LogP contribution in [-0.2, 0) is 4.79 Å². The first kappa shape index (κ1) is 18.9. The van der Waals surface area contributed by atoms with Gasteiger partial charge in [-0.1, -0.05) is 30.3 Å². The van der Waals surface area contributed by atoms with Crippen molar-refractivity contribution in [2.45, 2.75) is 25.8 Å². The van der Waals surface area contributed by atoms with Crippen molar-refractivity contribution < 1.29 is 4.79 Å². The summed E-state index contributed by atoms with van der Waals surface area (Å²) in [6.45, 7) is 2.81. The summed E-state index contributed by atoms with van der Waals surface area (Å²) in [5, 5.41) is 0.396. The number of H-pyrrole nitrogens is 1. The molecule has 148 valence electrons. The molecule has 0 radical (unpaired) electrons. The minimum atomic E-state index is -0.453. The highest BCUT2D eigenvalue weighted by Gasteiger charge is 2.26. The van der Waals surface area contributed by atoms with E-state index in [1.165, 1.54) is 10.8 Å². The fraction of sp³-hybridized carbons (Fsp3) is 0.273. The van der Waals surface area contributed by atoms with E-state index >= 15 is 0 Å². The number of piperidine rings is 1. The largest absolute Gasteiger partial charge is 0.339 e. The number of nitrogens with one attached hydrogen (secondary N) is 1. The molecule has 1 N–H and O–H groups in total. The zero-order valence-electron chi connectivity index (χ0n) is 16.2. The number of hydrogen-bond donors (Lipinski definition) is 1. The molecule has 0 spiro atoms. The summed E-state index contributed by atoms with van der Waals surface area (Å²) < 4.78 is 1.28. The normalized spacial score (nSPS) is 15.6. The van der Waals surface area contributed by atoms with Crippen LogP contribution >= 0.6 is 0 Å². The number of carbonyl (C=O) groups excluding carboxylic acids is 1. The summed E-state index contributed by atoms with van der Waals surface area (Å²) in [6, 6.07) is 12.8. The Labute approximate surface area is 167 Å². The average Bonchev–Trinajstić information content (AvgIpc) is 2.74. The minimum absolute atomic E-state index is 0.0173. The van der Waals surface area contributed by atoms with Crippen molar-refractivity contribution in [2.24, 2.45) is 0 Å². The van der Waals surface area contributed by atoms with Crippen molar-refractivity contribution in [3.05, 3.63) is 80.6 Å². The van der Waals surface area contributed by atoms with Crippen molar-refractivity contribution in [3.63, 3.8) is 0 Å². The summed E-state index contributed by atoms with van der Waals surface area (Å²) in [5.41, 5.74) is 1.17. The summed E-state index contributed by atoms with van der Waals surface area (Å²) in [5.74, 6) is -0.0173. The Bertz CT molecular complexity index is 1190. The van der Waals surface area contributed by atoms with Gasteiger partial charge >= 0.3 is 5.69 Å². The maximum Gasteiger partial charge on any atom is 0.330 e. The van der Waals surface area contributed by atoms with Gasteiger partial charge in [0.05, 0.1) is 5.39 Å². The molecule has 4 rings (SSSR count). The molecule has 3 aromatic rings. The molecule has 0 aliphatic carbocycles. The molecule has 1 aliphatic heterocycles. The number of carbonyl (C=O) groups is 1. The van der Waals surface area contributed by atoms with Gasteiger partial charge in [0.2, 0.25) is 5.91 Å². The second kappa shape index (κ2) is 7.87. The van der Waals surface area contributed by atoms with Crippen LogP contribution in [0.4, 0.5) is 0 Å². The van der Waals surface area contributed by atoms with Crippen molar-refractivity contribution in [2.75, 3.05) is 13.1 Å². The maximum atomic E-state index is 12.8. The van der Waals surface area contributed by atoms with Gasteiger partial charge in [0.1, 0.15) is 5.65 Å². The lowest BCUT2D eigenvalue weighted by Crippen LogP contribution is -2.45. The third-order valence-corrected chi connectivity index (χ3v) is 5.34. The van der Waals surface area contributed by atoms with Gasteiger partial charge in [-0.25, -0.2) is 9.78 Å². The molecule has 0 bridgehead atoms. The van der Waals surface area contributed by atoms with Gasteiger partial charge in [-0.15, -0.1) is 0 Å². The van der Waals surface area contributed by atoms with Crippen molar-refractivity contribution >= 4 is 23.0 Å². The number of pyridine rings is 1. The molecule has 7 nitrogen and oxygen atoms in total. The van der Waals surface area contributed by atoms with E-state index < -0.39 is 5.69 Å². The van der Waals surface area contributed by atoms with Crippen LogP contribution in [0.2, 0.25) is 0 Å². The monoisotopic (exact) mass is 390 g/mol. The van der Waals surface area contributed by atoms with Crippen LogP contribution in [0, 0.1) is 0 Å². The van der Waals surface area contributed by atoms with Gasteiger partial charge in [-0.05, 0) is 43.5 Å². The van der Waals surface area contributed by atoms with Crippen LogP contribution in [0.1, 0.15) is 31.4 Å². The van der Waals surface area contributed by atoms with Gasteiger partial charge in [0.25, 0.3) is 5.56 Å². The van der Waals surface area contributed by atoms with Gasteiger partial charge in [0, 0.05) is 30.9 Å². The Hall–Kier alpha value is -3.48. The van der Waals surface area contributed by atoms with Gasteiger partial charge in [-0.3, -0.25) is 19.1 Å². The molecule has 0 unspecified atom stereocenters. The van der Waals surface area contributed by atoms with Crippen molar-refractivity contribution in [1.82, 2.24) is 19.4 Å². The van der Waals surface area contributed by atoms with E-state index in [2.05, 4.69) is 9.97 Å². The molecular formula is C22H22N4O3. The van der Waals surface area contributed by atoms with Gasteiger partial charge in [0.15, 0.2) is 0 Å². The lowest BCUT2D eigenvalue weighted by Gasteiger charge is -2.32. The predicted molar refractivity (Wildman–Crippen MR) is 112 cm³/mol. The summed E-state index contributed by atoms with van der Waals surface area (Å²) in [6.07, 6.45) is 4.52. The first-order valence-corrected chi connectivity index (χ1v) is 9.67. The first-order valence-electron chi connectivity index (χ1n) is 9.67. The lowest BCUT2D eigenvalue weighted by molar-refractivity contribution is -0.128. The Kier molecular flexibility index (Phi) is 5.12. The number of benzene rings is 1. The predicted octanol–water partition coefficient (Wildman–Crippen LogP) is 2.35. The van der Waals surface area contributed by atoms with Gasteiger partial charge < -0.3 is 4.90 Å². The lowest BCUT2D eigenvalue weighted by atomic mass is 10.0. The molecule has 0 saturated carbocycles. The Morgan fingerprint density at radius 3 is 2.55 bits per heavy atom. The number of aromatic amines is 1. The molecule has 2 aromatic heterocycles. The molecule has 3 heterocycles. The molecule has 1 saturated heterocycles. The van der Waals surface area contributed by atoms with E-state index in [0.29, 0.717) is 42.5 Å². The molecule has 0 atom stereocenters. The standard InChI is InChI=1S/C22H22N4O3/c1-15(14-16-6-3-2-4-7-16)20(27)25-12-9-17(10-13-25)26-21(28)18-8-5-11-23-19(18)24-22(26)29/h2-8,11,14,17H,9-10,12-13H2,1H3,(H,23,24,29)/b15-14-. The van der Waals surface area contributed by atoms with E-state index in [0.717, 1.165) is 5.56 Å². The second-order valence-electron chi connectivity index (χ2n) is 7.27. The fourth-order valence-electron chi connectivity index (χ4n) is 3.83. The smallest absolute Gasteiger partial charge is 0.330 e. The maximum absolute atomic E-state index is 12.8. The Morgan fingerprint density at radius 1 is 1.10 bits per heavy atom. The van der Waals surface area contributed by atoms with Crippen LogP contribution in [0.5, 0.6) is 0 Å². The Morgan fingerprint density at radius 2 is 1.83 bits per heavy atom. The molecule has 1 amide bonds. The molecular weight excluding hydrogens is 368 g/mol. The van der Waals surface area contributed by atoms with E-state index in [9.17, 15) is 14.4 Å². The molecule has 1 aliphatic rings. The highest BCUT2D eigenvalue weighted by Crippen LogP contribution is 2.22. The van der Waals surface area contributed by atoms with Gasteiger partial charge in [-0.2, -0.15) is 0 Å². The third-order valence-electron chi connectivity index (χ3n) is 5.34. The second-order valence-corrected chi connectivity index (χ2v) is 7.27. The minimum Gasteiger partial charge on any atom is -0.339 e. The summed E-state index contributed by atoms with van der Waals surface area (Å²) >= 11 is 0. The van der Waals surface area contributed by atoms with E-state index in [1.54, 1.807) is 17.0 Å². The first-order chi connectivity index (χ1) is 14.0. The van der Waals surface area contributed by atoms with Crippen LogP contribution in [0.15, 0.2) is 63.8 Å². The zero-order chi connectivity index (χ0) is 20.4. The molecule has 1 aromatic carbocycles. The SMILES string of the molecule is C/C(=C/c1ccccc1)C(=O)N1CCC(n2c(=O)[nH]c3ncccc3c2=O)CC1. The number of aromatic nitrogens is 3. The Balaban J connectivity index is 1.51. The number of hydrogen-bond acceptors (Lipinski definition) is 4. The number of nitrogens with zero attached hydrogens (tertiary/aromatic N) is 3. The van der Waals surface area contributed by atoms with Crippen molar-refractivity contribution in [3.8, 4) is 0 Å². The number of likely N-dealkylation sites (tertiary alicyclic amines) is 1. The van der Waals surface area contributed by atoms with Crippen LogP contribution in [0.3, 0.4) is 0 Å². The fourth-order valence-corrected chi connectivity index (χ4v) is 3.83. The summed E-state index contributed by atoms with van der Waals surface area (Å²) in [7, 11) is 0. The highest BCUT2D eigenvalue weighted by molar-refractivity contribution is 5.97. The highest BCUT2D eigenvalue weighted by atomic mass is 16.2.